The van der Waals surface area contributed by atoms with E-state index < -0.39 is 5.97 Å². The number of carbonyl (C=O) groups is 2. The Balaban J connectivity index is 2.95. The van der Waals surface area contributed by atoms with Crippen LogP contribution >= 0.6 is 0 Å². The Kier molecular flexibility index (Phi) is 4.31. The van der Waals surface area contributed by atoms with E-state index in [2.05, 4.69) is 0 Å². The summed E-state index contributed by atoms with van der Waals surface area (Å²) in [7, 11) is 0. The maximum Gasteiger partial charge on any atom is 0.323 e. The smallest absolute Gasteiger partial charge is 0.323 e. The molecule has 0 saturated heterocycles. The monoisotopic (exact) mass is 238 g/mol. The molecule has 5 heteroatoms. The number of nitrogens with zero attached hydrogens (tertiary/aromatic N) is 2. The van der Waals surface area contributed by atoms with Crippen molar-refractivity contribution in [1.82, 2.24) is 9.47 Å². The van der Waals surface area contributed by atoms with Gasteiger partial charge in [0.2, 0.25) is 0 Å². The first-order valence-electron chi connectivity index (χ1n) is 5.65. The van der Waals surface area contributed by atoms with Gasteiger partial charge in [0, 0.05) is 18.8 Å². The van der Waals surface area contributed by atoms with Gasteiger partial charge in [-0.05, 0) is 32.9 Å². The number of carboxylic acid groups (broad SMARTS) is 1. The molecule has 0 unspecified atom stereocenters. The topological polar surface area (TPSA) is 62.5 Å². The normalized spacial score (nSPS) is 10.6. The van der Waals surface area contributed by atoms with Gasteiger partial charge in [0.15, 0.2) is 0 Å². The number of hydrogen-bond donors (Lipinski definition) is 1. The van der Waals surface area contributed by atoms with E-state index in [1.807, 2.05) is 13.1 Å². The molecule has 0 fully saturated rings. The average molecular weight is 238 g/mol. The molecular formula is C12H18N2O3. The second-order valence-corrected chi connectivity index (χ2v) is 4.10. The van der Waals surface area contributed by atoms with Crippen LogP contribution in [0.25, 0.3) is 0 Å². The quantitative estimate of drug-likeness (QED) is 0.844. The van der Waals surface area contributed by atoms with Crippen LogP contribution in [0.4, 0.5) is 0 Å². The van der Waals surface area contributed by atoms with E-state index in [-0.39, 0.29) is 18.5 Å². The lowest BCUT2D eigenvalue weighted by Gasteiger charge is -2.25. The molecule has 5 nitrogen and oxygen atoms in total. The summed E-state index contributed by atoms with van der Waals surface area (Å²) in [5, 5.41) is 8.80. The van der Waals surface area contributed by atoms with Crippen molar-refractivity contribution in [2.24, 2.45) is 0 Å². The van der Waals surface area contributed by atoms with Crippen LogP contribution < -0.4 is 0 Å². The van der Waals surface area contributed by atoms with Crippen molar-refractivity contribution < 1.29 is 14.7 Å². The molecule has 0 atom stereocenters. The second-order valence-electron chi connectivity index (χ2n) is 4.10. The van der Waals surface area contributed by atoms with Crippen molar-refractivity contribution in [2.45, 2.75) is 33.4 Å². The Hall–Kier alpha value is -1.78. The third kappa shape index (κ3) is 3.09. The van der Waals surface area contributed by atoms with Gasteiger partial charge < -0.3 is 14.6 Å². The van der Waals surface area contributed by atoms with E-state index in [9.17, 15) is 9.59 Å². The Morgan fingerprint density at radius 1 is 1.47 bits per heavy atom. The van der Waals surface area contributed by atoms with E-state index in [0.29, 0.717) is 12.2 Å². The maximum absolute atomic E-state index is 12.2. The summed E-state index contributed by atoms with van der Waals surface area (Å²) in [6.45, 7) is 5.96. The van der Waals surface area contributed by atoms with Gasteiger partial charge >= 0.3 is 5.97 Å². The van der Waals surface area contributed by atoms with Crippen molar-refractivity contribution in [3.63, 3.8) is 0 Å². The van der Waals surface area contributed by atoms with Gasteiger partial charge in [0.05, 0.1) is 0 Å². The number of aliphatic carboxylic acids is 1. The lowest BCUT2D eigenvalue weighted by molar-refractivity contribution is -0.138. The molecule has 94 valence electrons. The standard InChI is InChI=1S/C12H18N2O3/c1-4-13-7-5-6-10(13)12(17)14(9(2)3)8-11(15)16/h5-7,9H,4,8H2,1-3H3,(H,15,16). The van der Waals surface area contributed by atoms with Gasteiger partial charge in [-0.3, -0.25) is 9.59 Å². The fourth-order valence-corrected chi connectivity index (χ4v) is 1.67. The van der Waals surface area contributed by atoms with Crippen molar-refractivity contribution in [3.8, 4) is 0 Å². The molecule has 0 aliphatic carbocycles. The number of aryl methyl sites for hydroxylation is 1. The lowest BCUT2D eigenvalue weighted by Crippen LogP contribution is -2.41. The van der Waals surface area contributed by atoms with Crippen LogP contribution in [0.2, 0.25) is 0 Å². The number of hydrogen-bond acceptors (Lipinski definition) is 2. The van der Waals surface area contributed by atoms with Crippen LogP contribution in [0.15, 0.2) is 18.3 Å². The lowest BCUT2D eigenvalue weighted by atomic mass is 10.2. The van der Waals surface area contributed by atoms with Crippen molar-refractivity contribution >= 4 is 11.9 Å². The van der Waals surface area contributed by atoms with Crippen LogP contribution in [0.1, 0.15) is 31.3 Å². The van der Waals surface area contributed by atoms with E-state index >= 15 is 0 Å². The van der Waals surface area contributed by atoms with Crippen LogP contribution in [-0.2, 0) is 11.3 Å². The second kappa shape index (κ2) is 5.52. The van der Waals surface area contributed by atoms with Crippen LogP contribution in [0, 0.1) is 0 Å². The zero-order valence-electron chi connectivity index (χ0n) is 10.4. The highest BCUT2D eigenvalue weighted by atomic mass is 16.4. The first-order valence-corrected chi connectivity index (χ1v) is 5.65. The largest absolute Gasteiger partial charge is 0.480 e. The van der Waals surface area contributed by atoms with Crippen molar-refractivity contribution in [3.05, 3.63) is 24.0 Å². The SMILES string of the molecule is CCn1cccc1C(=O)N(CC(=O)O)C(C)C. The van der Waals surface area contributed by atoms with E-state index in [1.54, 1.807) is 30.5 Å². The molecule has 17 heavy (non-hydrogen) atoms. The molecule has 0 radical (unpaired) electrons. The summed E-state index contributed by atoms with van der Waals surface area (Å²) in [6, 6.07) is 3.36. The molecule has 0 aliphatic heterocycles. The van der Waals surface area contributed by atoms with E-state index in [4.69, 9.17) is 5.11 Å². The number of amides is 1. The van der Waals surface area contributed by atoms with E-state index in [0.717, 1.165) is 0 Å². The highest BCUT2D eigenvalue weighted by Gasteiger charge is 2.23. The minimum atomic E-state index is -0.998. The molecule has 0 bridgehead atoms. The van der Waals surface area contributed by atoms with Crippen molar-refractivity contribution in [1.29, 1.82) is 0 Å². The Morgan fingerprint density at radius 3 is 2.59 bits per heavy atom. The van der Waals surface area contributed by atoms with Gasteiger partial charge in [-0.2, -0.15) is 0 Å². The zero-order valence-corrected chi connectivity index (χ0v) is 10.4. The number of aromatic nitrogens is 1. The molecular weight excluding hydrogens is 220 g/mol. The predicted molar refractivity (Wildman–Crippen MR) is 63.9 cm³/mol. The number of rotatable bonds is 5. The summed E-state index contributed by atoms with van der Waals surface area (Å²) in [4.78, 5) is 24.3. The minimum Gasteiger partial charge on any atom is -0.480 e. The van der Waals surface area contributed by atoms with Gasteiger partial charge in [0.25, 0.3) is 5.91 Å². The molecule has 1 aromatic heterocycles. The Bertz CT molecular complexity index is 410. The minimum absolute atomic E-state index is 0.140. The fraction of sp³-hybridized carbons (Fsp3) is 0.500. The van der Waals surface area contributed by atoms with E-state index in [1.165, 1.54) is 4.90 Å². The van der Waals surface area contributed by atoms with Gasteiger partial charge in [-0.25, -0.2) is 0 Å². The summed E-state index contributed by atoms with van der Waals surface area (Å²) >= 11 is 0. The highest BCUT2D eigenvalue weighted by molar-refractivity contribution is 5.94. The predicted octanol–water partition coefficient (Wildman–Crippen LogP) is 1.44. The molecule has 0 spiro atoms. The molecule has 1 N–H and O–H groups in total. The Labute approximate surface area is 101 Å². The Morgan fingerprint density at radius 2 is 2.12 bits per heavy atom. The molecule has 1 aromatic rings. The van der Waals surface area contributed by atoms with Gasteiger partial charge in [-0.1, -0.05) is 0 Å². The third-order valence-corrected chi connectivity index (χ3v) is 2.58. The summed E-state index contributed by atoms with van der Waals surface area (Å²) in [5.74, 6) is -1.24. The summed E-state index contributed by atoms with van der Waals surface area (Å²) < 4.78 is 1.81. The molecule has 1 amide bonds. The zero-order chi connectivity index (χ0) is 13.0. The average Bonchev–Trinajstić information content (AvgIpc) is 2.72. The highest BCUT2D eigenvalue weighted by Crippen LogP contribution is 2.09. The van der Waals surface area contributed by atoms with Crippen LogP contribution in [0.5, 0.6) is 0 Å². The molecule has 0 saturated carbocycles. The van der Waals surface area contributed by atoms with Crippen LogP contribution in [-0.4, -0.2) is 39.0 Å². The first kappa shape index (κ1) is 13.3. The van der Waals surface area contributed by atoms with Crippen LogP contribution in [0.3, 0.4) is 0 Å². The molecule has 1 rings (SSSR count). The van der Waals surface area contributed by atoms with Crippen molar-refractivity contribution in [2.75, 3.05) is 6.54 Å². The van der Waals surface area contributed by atoms with Gasteiger partial charge in [-0.15, -0.1) is 0 Å². The fourth-order valence-electron chi connectivity index (χ4n) is 1.67. The first-order chi connectivity index (χ1) is 7.97. The third-order valence-electron chi connectivity index (χ3n) is 2.58. The number of carboxylic acids is 1. The maximum atomic E-state index is 12.2. The summed E-state index contributed by atoms with van der Waals surface area (Å²) in [6.07, 6.45) is 1.81. The molecule has 1 heterocycles. The number of carbonyl (C=O) groups excluding carboxylic acids is 1. The summed E-state index contributed by atoms with van der Waals surface area (Å²) in [5.41, 5.74) is 0.530. The molecule has 0 aliphatic rings. The molecule has 0 aromatic carbocycles. The van der Waals surface area contributed by atoms with Gasteiger partial charge in [0.1, 0.15) is 12.2 Å².